The number of thioether (sulfide) groups is 1. The van der Waals surface area contributed by atoms with E-state index in [0.29, 0.717) is 14.8 Å². The number of carboxylic acids is 1. The third kappa shape index (κ3) is 4.36. The molecule has 3 fully saturated rings. The average Bonchev–Trinajstić information content (AvgIpc) is 3.31. The molecule has 36 heavy (non-hydrogen) atoms. The van der Waals surface area contributed by atoms with Gasteiger partial charge in [-0.25, -0.2) is 32.0 Å². The molecule has 0 aromatic heterocycles. The lowest BCUT2D eigenvalue weighted by atomic mass is 9.95. The first-order chi connectivity index (χ1) is 16.7. The molecule has 3 heterocycles. The minimum Gasteiger partial charge on any atom is -0.480 e. The van der Waals surface area contributed by atoms with Crippen LogP contribution in [0.1, 0.15) is 25.5 Å². The lowest BCUT2D eigenvalue weighted by Crippen LogP contribution is -2.71. The molecule has 6 amide bonds. The Balaban J connectivity index is 1.51. The minimum atomic E-state index is -3.87. The quantitative estimate of drug-likeness (QED) is 0.413. The van der Waals surface area contributed by atoms with Gasteiger partial charge in [0.1, 0.15) is 23.5 Å². The van der Waals surface area contributed by atoms with Gasteiger partial charge in [-0.3, -0.25) is 9.59 Å². The number of carboxylic acid groups (broad SMARTS) is 1. The number of hydrogen-bond acceptors (Lipinski definition) is 8. The Bertz CT molecular complexity index is 1240. The lowest BCUT2D eigenvalue weighted by molar-refractivity contribution is -0.161. The summed E-state index contributed by atoms with van der Waals surface area (Å²) in [6.07, 6.45) is 0.850. The first-order valence-electron chi connectivity index (χ1n) is 10.9. The van der Waals surface area contributed by atoms with E-state index in [0.717, 1.165) is 6.26 Å². The first-order valence-corrected chi connectivity index (χ1v) is 13.6. The second kappa shape index (κ2) is 8.96. The number of urea groups is 2. The molecule has 194 valence electrons. The third-order valence-electron chi connectivity index (χ3n) is 6.25. The summed E-state index contributed by atoms with van der Waals surface area (Å²) in [6.45, 7) is 3.02. The van der Waals surface area contributed by atoms with E-state index < -0.39 is 68.1 Å². The molecule has 2 unspecified atom stereocenters. The number of sulfonamides is 1. The van der Waals surface area contributed by atoms with Gasteiger partial charge in [0.05, 0.1) is 19.3 Å². The van der Waals surface area contributed by atoms with E-state index in [1.54, 1.807) is 44.2 Å². The van der Waals surface area contributed by atoms with Gasteiger partial charge in [0.25, 0.3) is 0 Å². The van der Waals surface area contributed by atoms with Crippen molar-refractivity contribution in [1.29, 1.82) is 0 Å². The number of hydrogen-bond donors (Lipinski definition) is 3. The van der Waals surface area contributed by atoms with Gasteiger partial charge in [-0.2, -0.15) is 0 Å². The largest absolute Gasteiger partial charge is 0.480 e. The van der Waals surface area contributed by atoms with Crippen molar-refractivity contribution >= 4 is 51.6 Å². The third-order valence-corrected chi connectivity index (χ3v) is 8.96. The van der Waals surface area contributed by atoms with E-state index in [-0.39, 0.29) is 13.1 Å². The fourth-order valence-corrected chi connectivity index (χ4v) is 6.96. The van der Waals surface area contributed by atoms with E-state index in [9.17, 15) is 37.5 Å². The Morgan fingerprint density at radius 3 is 2.33 bits per heavy atom. The Labute approximate surface area is 211 Å². The molecule has 3 aliphatic rings. The van der Waals surface area contributed by atoms with Crippen LogP contribution in [0.15, 0.2) is 30.3 Å². The van der Waals surface area contributed by atoms with Crippen LogP contribution >= 0.6 is 11.8 Å². The highest BCUT2D eigenvalue weighted by Crippen LogP contribution is 2.50. The van der Waals surface area contributed by atoms with Crippen LogP contribution in [0.4, 0.5) is 9.59 Å². The summed E-state index contributed by atoms with van der Waals surface area (Å²) in [6, 6.07) is 2.76. The number of imide groups is 1. The van der Waals surface area contributed by atoms with Crippen molar-refractivity contribution in [3.63, 3.8) is 0 Å². The summed E-state index contributed by atoms with van der Waals surface area (Å²) in [7, 11) is -3.87. The number of amides is 6. The lowest BCUT2D eigenvalue weighted by Gasteiger charge is -2.44. The number of carbonyl (C=O) groups excluding carboxylic acids is 4. The monoisotopic (exact) mass is 539 g/mol. The van der Waals surface area contributed by atoms with Crippen LogP contribution in [-0.4, -0.2) is 99.0 Å². The van der Waals surface area contributed by atoms with E-state index in [4.69, 9.17) is 0 Å². The molecule has 3 aliphatic heterocycles. The zero-order chi connectivity index (χ0) is 26.6. The number of nitrogens with zero attached hydrogens (tertiary/aromatic N) is 3. The topological polar surface area (TPSA) is 173 Å². The zero-order valence-electron chi connectivity index (χ0n) is 19.6. The van der Waals surface area contributed by atoms with Gasteiger partial charge in [0.2, 0.25) is 21.8 Å². The van der Waals surface area contributed by atoms with Crippen LogP contribution in [0.5, 0.6) is 0 Å². The zero-order valence-corrected chi connectivity index (χ0v) is 21.2. The van der Waals surface area contributed by atoms with Crippen LogP contribution in [-0.2, 0) is 24.4 Å². The number of rotatable bonds is 6. The van der Waals surface area contributed by atoms with Gasteiger partial charge in [0.15, 0.2) is 0 Å². The predicted octanol–water partition coefficient (Wildman–Crippen LogP) is -0.234. The highest BCUT2D eigenvalue weighted by molar-refractivity contribution is 8.01. The maximum Gasteiger partial charge on any atom is 0.341 e. The molecule has 4 atom stereocenters. The molecule has 0 spiro atoms. The van der Waals surface area contributed by atoms with Gasteiger partial charge in [0, 0.05) is 4.75 Å². The number of carbonyl (C=O) groups is 5. The van der Waals surface area contributed by atoms with Gasteiger partial charge in [-0.1, -0.05) is 30.3 Å². The second-order valence-corrected chi connectivity index (χ2v) is 12.8. The second-order valence-electron chi connectivity index (χ2n) is 9.15. The predicted molar refractivity (Wildman–Crippen MR) is 127 cm³/mol. The Morgan fingerprint density at radius 2 is 1.78 bits per heavy atom. The van der Waals surface area contributed by atoms with E-state index >= 15 is 0 Å². The van der Waals surface area contributed by atoms with Gasteiger partial charge < -0.3 is 20.6 Å². The average molecular weight is 540 g/mol. The molecular weight excluding hydrogens is 514 g/mol. The maximum atomic E-state index is 13.3. The van der Waals surface area contributed by atoms with Crippen LogP contribution in [0.2, 0.25) is 0 Å². The summed E-state index contributed by atoms with van der Waals surface area (Å²) >= 11 is 1.26. The highest BCUT2D eigenvalue weighted by Gasteiger charge is 2.64. The Kier molecular flexibility index (Phi) is 6.41. The molecular formula is C21H25N5O8S2. The maximum absolute atomic E-state index is 13.3. The summed E-state index contributed by atoms with van der Waals surface area (Å²) in [4.78, 5) is 65.0. The number of benzene rings is 1. The smallest absolute Gasteiger partial charge is 0.341 e. The van der Waals surface area contributed by atoms with Gasteiger partial charge >= 0.3 is 18.0 Å². The molecule has 1 aromatic carbocycles. The van der Waals surface area contributed by atoms with Crippen LogP contribution in [0, 0.1) is 0 Å². The van der Waals surface area contributed by atoms with E-state index in [2.05, 4.69) is 10.6 Å². The SMILES string of the molecule is CC1(C)S[C@@H]2C(NC(=O)C(NC(=O)N3CCN(S(C)(=O)=O)C3=O)c3ccccc3)C(=O)N2[C@H]1C(=O)O. The summed E-state index contributed by atoms with van der Waals surface area (Å²) < 4.78 is 23.3. The first kappa shape index (κ1) is 25.8. The Hall–Kier alpha value is -3.33. The highest BCUT2D eigenvalue weighted by atomic mass is 32.2. The normalized spacial score (nSPS) is 25.8. The summed E-state index contributed by atoms with van der Waals surface area (Å²) in [5.41, 5.74) is 0.362. The molecule has 13 nitrogen and oxygen atoms in total. The number of β-lactam (4-membered cyclic amide) rings is 1. The molecule has 0 bridgehead atoms. The fourth-order valence-electron chi connectivity index (χ4n) is 4.54. The molecule has 15 heteroatoms. The minimum absolute atomic E-state index is 0.193. The van der Waals surface area contributed by atoms with Crippen molar-refractivity contribution in [2.24, 2.45) is 0 Å². The van der Waals surface area contributed by atoms with Gasteiger partial charge in [-0.15, -0.1) is 11.8 Å². The van der Waals surface area contributed by atoms with Gasteiger partial charge in [-0.05, 0) is 19.4 Å². The standard InChI is InChI=1S/C21H25N5O8S2/c1-21(2)14(18(29)30)26-16(28)13(17(26)35-21)22-15(27)12(11-7-5-4-6-8-11)23-19(31)24-9-10-25(20(24)32)36(3,33)34/h4-8,12-14,17H,9-10H2,1-3H3,(H,22,27)(H,23,31)(H,29,30)/t12?,13?,14-,17+/m0/s1. The van der Waals surface area contributed by atoms with E-state index in [1.807, 2.05) is 0 Å². The van der Waals surface area contributed by atoms with Crippen molar-refractivity contribution in [3.8, 4) is 0 Å². The molecule has 0 radical (unpaired) electrons. The number of aliphatic carboxylic acids is 1. The number of nitrogens with one attached hydrogen (secondary N) is 2. The fraction of sp³-hybridized carbons (Fsp3) is 0.476. The van der Waals surface area contributed by atoms with Crippen molar-refractivity contribution in [2.75, 3.05) is 19.3 Å². The summed E-state index contributed by atoms with van der Waals surface area (Å²) in [5, 5.41) is 14.0. The summed E-state index contributed by atoms with van der Waals surface area (Å²) in [5.74, 6) is -2.42. The van der Waals surface area contributed by atoms with E-state index in [1.165, 1.54) is 16.7 Å². The molecule has 4 rings (SSSR count). The van der Waals surface area contributed by atoms with Crippen LogP contribution in [0.25, 0.3) is 0 Å². The Morgan fingerprint density at radius 1 is 1.14 bits per heavy atom. The van der Waals surface area contributed by atoms with Crippen LogP contribution < -0.4 is 10.6 Å². The molecule has 1 aromatic rings. The van der Waals surface area contributed by atoms with Crippen molar-refractivity contribution < 1.29 is 37.5 Å². The molecule has 0 saturated carbocycles. The van der Waals surface area contributed by atoms with Crippen LogP contribution in [0.3, 0.4) is 0 Å². The number of fused-ring (bicyclic) bond motifs is 1. The van der Waals surface area contributed by atoms with Crippen molar-refractivity contribution in [1.82, 2.24) is 24.7 Å². The van der Waals surface area contributed by atoms with Crippen molar-refractivity contribution in [3.05, 3.63) is 35.9 Å². The molecule has 0 aliphatic carbocycles. The molecule has 3 saturated heterocycles. The van der Waals surface area contributed by atoms with Crippen molar-refractivity contribution in [2.45, 2.75) is 42.1 Å². The molecule has 3 N–H and O–H groups in total.